The molecule has 0 aliphatic carbocycles. The van der Waals surface area contributed by atoms with E-state index in [1.165, 1.54) is 0 Å². The molecule has 0 atom stereocenters. The molecule has 0 bridgehead atoms. The van der Waals surface area contributed by atoms with Crippen molar-refractivity contribution in [1.82, 2.24) is 0 Å². The van der Waals surface area contributed by atoms with Gasteiger partial charge in [-0.25, -0.2) is 0 Å². The summed E-state index contributed by atoms with van der Waals surface area (Å²) in [5.74, 6) is 1.84. The number of nitrogen functional groups attached to an aromatic ring is 1. The summed E-state index contributed by atoms with van der Waals surface area (Å²) in [6, 6.07) is 10.7. The molecule has 0 saturated carbocycles. The van der Waals surface area contributed by atoms with Gasteiger partial charge in [-0.05, 0) is 24.6 Å². The average Bonchev–Trinajstić information content (AvgIpc) is 2.40. The third-order valence-corrected chi connectivity index (χ3v) is 3.30. The highest BCUT2D eigenvalue weighted by Crippen LogP contribution is 2.34. The Morgan fingerprint density at radius 2 is 1.90 bits per heavy atom. The molecule has 2 aromatic carbocycles. The lowest BCUT2D eigenvalue weighted by Crippen LogP contribution is -1.97. The Kier molecular flexibility index (Phi) is 5.15. The standard InChI is InChI=1S/C15H15BrClNO2/c1-2-5-19-12-7-11(18)8-13(9-12)20-15-6-10(16)3-4-14(15)17/h3-4,6-9H,2,5,18H2,1H3. The summed E-state index contributed by atoms with van der Waals surface area (Å²) in [5.41, 5.74) is 6.43. The van der Waals surface area contributed by atoms with Crippen molar-refractivity contribution in [2.75, 3.05) is 12.3 Å². The van der Waals surface area contributed by atoms with Gasteiger partial charge in [0.15, 0.2) is 0 Å². The van der Waals surface area contributed by atoms with Gasteiger partial charge in [0, 0.05) is 28.4 Å². The Morgan fingerprint density at radius 1 is 1.15 bits per heavy atom. The molecule has 106 valence electrons. The highest BCUT2D eigenvalue weighted by molar-refractivity contribution is 9.10. The van der Waals surface area contributed by atoms with Gasteiger partial charge in [-0.1, -0.05) is 34.5 Å². The molecule has 0 aliphatic rings. The van der Waals surface area contributed by atoms with Gasteiger partial charge in [-0.2, -0.15) is 0 Å². The topological polar surface area (TPSA) is 44.5 Å². The van der Waals surface area contributed by atoms with Gasteiger partial charge in [-0.15, -0.1) is 0 Å². The fourth-order valence-corrected chi connectivity index (χ4v) is 2.13. The van der Waals surface area contributed by atoms with Crippen LogP contribution in [0.4, 0.5) is 5.69 Å². The van der Waals surface area contributed by atoms with Crippen LogP contribution in [0.15, 0.2) is 40.9 Å². The van der Waals surface area contributed by atoms with Crippen LogP contribution in [0.2, 0.25) is 5.02 Å². The van der Waals surface area contributed by atoms with Gasteiger partial charge < -0.3 is 15.2 Å². The molecule has 5 heteroatoms. The molecule has 0 spiro atoms. The number of hydrogen-bond donors (Lipinski definition) is 1. The van der Waals surface area contributed by atoms with E-state index in [-0.39, 0.29) is 0 Å². The third-order valence-electron chi connectivity index (χ3n) is 2.50. The van der Waals surface area contributed by atoms with Crippen LogP contribution in [0.25, 0.3) is 0 Å². The summed E-state index contributed by atoms with van der Waals surface area (Å²) in [5, 5.41) is 0.534. The van der Waals surface area contributed by atoms with Crippen LogP contribution in [0.5, 0.6) is 17.2 Å². The van der Waals surface area contributed by atoms with E-state index in [9.17, 15) is 0 Å². The van der Waals surface area contributed by atoms with E-state index in [0.717, 1.165) is 10.9 Å². The molecule has 0 radical (unpaired) electrons. The molecular weight excluding hydrogens is 342 g/mol. The van der Waals surface area contributed by atoms with Crippen LogP contribution in [-0.2, 0) is 0 Å². The maximum atomic E-state index is 6.10. The second-order valence-corrected chi connectivity index (χ2v) is 5.59. The van der Waals surface area contributed by atoms with Gasteiger partial charge in [0.05, 0.1) is 11.6 Å². The summed E-state index contributed by atoms with van der Waals surface area (Å²) < 4.78 is 12.2. The van der Waals surface area contributed by atoms with Gasteiger partial charge >= 0.3 is 0 Å². The van der Waals surface area contributed by atoms with Crippen molar-refractivity contribution in [2.45, 2.75) is 13.3 Å². The lowest BCUT2D eigenvalue weighted by atomic mass is 10.3. The van der Waals surface area contributed by atoms with Crippen molar-refractivity contribution in [2.24, 2.45) is 0 Å². The molecule has 0 aromatic heterocycles. The Hall–Kier alpha value is -1.39. The van der Waals surface area contributed by atoms with Crippen LogP contribution in [0.1, 0.15) is 13.3 Å². The smallest absolute Gasteiger partial charge is 0.147 e. The predicted octanol–water partition coefficient (Wildman–Crippen LogP) is 5.27. The predicted molar refractivity (Wildman–Crippen MR) is 85.9 cm³/mol. The third kappa shape index (κ3) is 4.05. The summed E-state index contributed by atoms with van der Waals surface area (Å²) in [6.07, 6.45) is 0.933. The first-order chi connectivity index (χ1) is 9.58. The first-order valence-corrected chi connectivity index (χ1v) is 7.42. The highest BCUT2D eigenvalue weighted by atomic mass is 79.9. The van der Waals surface area contributed by atoms with E-state index < -0.39 is 0 Å². The molecule has 2 N–H and O–H groups in total. The summed E-state index contributed by atoms with van der Waals surface area (Å²) >= 11 is 9.49. The number of nitrogens with two attached hydrogens (primary N) is 1. The van der Waals surface area contributed by atoms with Gasteiger partial charge in [0.1, 0.15) is 17.2 Å². The van der Waals surface area contributed by atoms with Gasteiger partial charge in [0.2, 0.25) is 0 Å². The summed E-state index contributed by atoms with van der Waals surface area (Å²) in [6.45, 7) is 2.69. The quantitative estimate of drug-likeness (QED) is 0.743. The first-order valence-electron chi connectivity index (χ1n) is 6.24. The number of hydrogen-bond acceptors (Lipinski definition) is 3. The lowest BCUT2D eigenvalue weighted by Gasteiger charge is -2.11. The van der Waals surface area contributed by atoms with Gasteiger partial charge in [-0.3, -0.25) is 0 Å². The second-order valence-electron chi connectivity index (χ2n) is 4.26. The van der Waals surface area contributed by atoms with Crippen LogP contribution in [-0.4, -0.2) is 6.61 Å². The summed E-state index contributed by atoms with van der Waals surface area (Å²) in [4.78, 5) is 0. The van der Waals surface area contributed by atoms with E-state index in [0.29, 0.717) is 34.6 Å². The monoisotopic (exact) mass is 355 g/mol. The first kappa shape index (κ1) is 15.0. The van der Waals surface area contributed by atoms with Crippen LogP contribution in [0, 0.1) is 0 Å². The van der Waals surface area contributed by atoms with E-state index >= 15 is 0 Å². The molecular formula is C15H15BrClNO2. The maximum Gasteiger partial charge on any atom is 0.147 e. The number of halogens is 2. The number of benzene rings is 2. The SMILES string of the molecule is CCCOc1cc(N)cc(Oc2cc(Br)ccc2Cl)c1. The van der Waals surface area contributed by atoms with E-state index in [4.69, 9.17) is 26.8 Å². The van der Waals surface area contributed by atoms with Crippen molar-refractivity contribution >= 4 is 33.2 Å². The number of anilines is 1. The molecule has 2 aromatic rings. The highest BCUT2D eigenvalue weighted by Gasteiger charge is 2.06. The van der Waals surface area contributed by atoms with E-state index in [2.05, 4.69) is 15.9 Å². The lowest BCUT2D eigenvalue weighted by molar-refractivity contribution is 0.316. The van der Waals surface area contributed by atoms with Crippen LogP contribution < -0.4 is 15.2 Å². The molecule has 0 aliphatic heterocycles. The Bertz CT molecular complexity index is 604. The average molecular weight is 357 g/mol. The minimum Gasteiger partial charge on any atom is -0.493 e. The van der Waals surface area contributed by atoms with E-state index in [1.54, 1.807) is 30.3 Å². The van der Waals surface area contributed by atoms with E-state index in [1.807, 2.05) is 13.0 Å². The number of ether oxygens (including phenoxy) is 2. The minimum absolute atomic E-state index is 0.534. The molecule has 2 rings (SSSR count). The maximum absolute atomic E-state index is 6.10. The zero-order chi connectivity index (χ0) is 14.5. The number of rotatable bonds is 5. The molecule has 0 fully saturated rings. The van der Waals surface area contributed by atoms with Gasteiger partial charge in [0.25, 0.3) is 0 Å². The van der Waals surface area contributed by atoms with Crippen LogP contribution in [0.3, 0.4) is 0 Å². The Balaban J connectivity index is 2.24. The Morgan fingerprint density at radius 3 is 2.65 bits per heavy atom. The zero-order valence-corrected chi connectivity index (χ0v) is 13.4. The molecule has 0 heterocycles. The van der Waals surface area contributed by atoms with Crippen LogP contribution >= 0.6 is 27.5 Å². The Labute approximate surface area is 131 Å². The second kappa shape index (κ2) is 6.86. The summed E-state index contributed by atoms with van der Waals surface area (Å²) in [7, 11) is 0. The zero-order valence-electron chi connectivity index (χ0n) is 11.0. The normalized spacial score (nSPS) is 10.3. The van der Waals surface area contributed by atoms with Crippen molar-refractivity contribution < 1.29 is 9.47 Å². The molecule has 0 amide bonds. The molecule has 0 unspecified atom stereocenters. The largest absolute Gasteiger partial charge is 0.493 e. The molecule has 0 saturated heterocycles. The van der Waals surface area contributed by atoms with Crippen molar-refractivity contribution in [3.63, 3.8) is 0 Å². The minimum atomic E-state index is 0.534. The molecule has 20 heavy (non-hydrogen) atoms. The van der Waals surface area contributed by atoms with Crippen molar-refractivity contribution in [3.8, 4) is 17.2 Å². The van der Waals surface area contributed by atoms with Crippen molar-refractivity contribution in [3.05, 3.63) is 45.9 Å². The molecule has 3 nitrogen and oxygen atoms in total. The fraction of sp³-hybridized carbons (Fsp3) is 0.200. The fourth-order valence-electron chi connectivity index (χ4n) is 1.64. The van der Waals surface area contributed by atoms with Crippen molar-refractivity contribution in [1.29, 1.82) is 0 Å².